The fourth-order valence-corrected chi connectivity index (χ4v) is 1.43. The van der Waals surface area contributed by atoms with Gasteiger partial charge in [0, 0.05) is 5.57 Å². The van der Waals surface area contributed by atoms with E-state index in [2.05, 4.69) is 6.08 Å². The molecular weight excluding hydrogens is 128 g/mol. The van der Waals surface area contributed by atoms with Crippen molar-refractivity contribution in [3.05, 3.63) is 35.2 Å². The number of hydrogen-bond acceptors (Lipinski definition) is 2. The number of rotatable bonds is 0. The SMILES string of the molecule is C1=C2OC=C3OC3=C2CC1. The molecule has 1 fully saturated rings. The van der Waals surface area contributed by atoms with Gasteiger partial charge in [0.25, 0.3) is 0 Å². The largest absolute Gasteiger partial charge is 0.461 e. The van der Waals surface area contributed by atoms with Gasteiger partial charge in [0.1, 0.15) is 12.0 Å². The van der Waals surface area contributed by atoms with Gasteiger partial charge >= 0.3 is 0 Å². The van der Waals surface area contributed by atoms with E-state index in [1.807, 2.05) is 0 Å². The van der Waals surface area contributed by atoms with Crippen molar-refractivity contribution in [3.63, 3.8) is 0 Å². The molecule has 0 unspecified atom stereocenters. The molecule has 2 heterocycles. The fraction of sp³-hybridized carbons (Fsp3) is 0.250. The molecule has 2 nitrogen and oxygen atoms in total. The zero-order valence-corrected chi connectivity index (χ0v) is 5.39. The van der Waals surface area contributed by atoms with Crippen molar-refractivity contribution in [3.8, 4) is 0 Å². The highest BCUT2D eigenvalue weighted by Crippen LogP contribution is 2.45. The first kappa shape index (κ1) is 4.61. The van der Waals surface area contributed by atoms with Crippen molar-refractivity contribution in [1.29, 1.82) is 0 Å². The van der Waals surface area contributed by atoms with Gasteiger partial charge in [0.05, 0.1) is 0 Å². The van der Waals surface area contributed by atoms with Gasteiger partial charge < -0.3 is 9.47 Å². The lowest BCUT2D eigenvalue weighted by molar-refractivity contribution is 0.356. The van der Waals surface area contributed by atoms with Crippen LogP contribution in [0.1, 0.15) is 12.8 Å². The molecule has 2 heteroatoms. The molecular formula is C8H6O2. The summed E-state index contributed by atoms with van der Waals surface area (Å²) in [6, 6.07) is 0. The molecule has 1 saturated heterocycles. The van der Waals surface area contributed by atoms with Gasteiger partial charge in [-0.2, -0.15) is 0 Å². The summed E-state index contributed by atoms with van der Waals surface area (Å²) in [7, 11) is 0. The van der Waals surface area contributed by atoms with Crippen LogP contribution in [0.2, 0.25) is 0 Å². The lowest BCUT2D eigenvalue weighted by atomic mass is 10.2. The molecule has 0 bridgehead atoms. The normalized spacial score (nSPS) is 25.6. The summed E-state index contributed by atoms with van der Waals surface area (Å²) in [5.41, 5.74) is 1.26. The molecule has 3 rings (SSSR count). The highest BCUT2D eigenvalue weighted by molar-refractivity contribution is 5.50. The fourth-order valence-electron chi connectivity index (χ4n) is 1.43. The predicted octanol–water partition coefficient (Wildman–Crippen LogP) is 1.82. The topological polar surface area (TPSA) is 21.8 Å². The number of allylic oxidation sites excluding steroid dienone is 2. The maximum Gasteiger partial charge on any atom is 0.205 e. The maximum atomic E-state index is 5.27. The molecule has 0 radical (unpaired) electrons. The van der Waals surface area contributed by atoms with Crippen LogP contribution in [0, 0.1) is 0 Å². The highest BCUT2D eigenvalue weighted by atomic mass is 16.6. The van der Waals surface area contributed by atoms with E-state index in [4.69, 9.17) is 9.47 Å². The van der Waals surface area contributed by atoms with E-state index >= 15 is 0 Å². The first-order valence-electron chi connectivity index (χ1n) is 3.44. The van der Waals surface area contributed by atoms with Crippen LogP contribution < -0.4 is 0 Å². The molecule has 0 atom stereocenters. The molecule has 0 aromatic rings. The lowest BCUT2D eigenvalue weighted by Gasteiger charge is -2.02. The van der Waals surface area contributed by atoms with Crippen LogP contribution in [0.4, 0.5) is 0 Å². The minimum Gasteiger partial charge on any atom is -0.461 e. The van der Waals surface area contributed by atoms with Crippen molar-refractivity contribution < 1.29 is 9.47 Å². The van der Waals surface area contributed by atoms with Crippen molar-refractivity contribution in [2.45, 2.75) is 12.8 Å². The summed E-state index contributed by atoms with van der Waals surface area (Å²) in [5, 5.41) is 0. The maximum absolute atomic E-state index is 5.27. The summed E-state index contributed by atoms with van der Waals surface area (Å²) in [6.07, 6.45) is 5.97. The Kier molecular flexibility index (Phi) is 0.592. The third-order valence-corrected chi connectivity index (χ3v) is 1.98. The molecule has 50 valence electrons. The van der Waals surface area contributed by atoms with E-state index < -0.39 is 0 Å². The Morgan fingerprint density at radius 3 is 3.30 bits per heavy atom. The van der Waals surface area contributed by atoms with E-state index in [0.29, 0.717) is 0 Å². The second kappa shape index (κ2) is 1.29. The predicted molar refractivity (Wildman–Crippen MR) is 34.6 cm³/mol. The van der Waals surface area contributed by atoms with Gasteiger partial charge in [-0.1, -0.05) is 0 Å². The molecule has 0 spiro atoms. The zero-order chi connectivity index (χ0) is 6.55. The molecule has 0 aromatic carbocycles. The highest BCUT2D eigenvalue weighted by Gasteiger charge is 2.36. The van der Waals surface area contributed by atoms with Crippen molar-refractivity contribution in [2.24, 2.45) is 0 Å². The standard InChI is InChI=1S/C8H6O2/c1-2-5-6(3-1)9-4-7-8(5)10-7/h3-4H,1-2H2. The van der Waals surface area contributed by atoms with Crippen molar-refractivity contribution >= 4 is 0 Å². The first-order valence-corrected chi connectivity index (χ1v) is 3.44. The average Bonchev–Trinajstić information content (AvgIpc) is 2.60. The molecule has 1 aliphatic carbocycles. The summed E-state index contributed by atoms with van der Waals surface area (Å²) in [6.45, 7) is 0. The van der Waals surface area contributed by atoms with Gasteiger partial charge in [-0.05, 0) is 18.9 Å². The van der Waals surface area contributed by atoms with Gasteiger partial charge in [0.2, 0.25) is 5.76 Å². The summed E-state index contributed by atoms with van der Waals surface area (Å²) in [5.74, 6) is 3.00. The molecule has 3 aliphatic rings. The van der Waals surface area contributed by atoms with Crippen LogP contribution in [-0.4, -0.2) is 0 Å². The number of hydrogen-bond donors (Lipinski definition) is 0. The molecule has 0 N–H and O–H groups in total. The molecule has 10 heavy (non-hydrogen) atoms. The number of ether oxygens (including phenoxy) is 2. The van der Waals surface area contributed by atoms with Crippen molar-refractivity contribution in [2.75, 3.05) is 0 Å². The average molecular weight is 134 g/mol. The quantitative estimate of drug-likeness (QED) is 0.471. The Morgan fingerprint density at radius 1 is 1.30 bits per heavy atom. The molecule has 0 aromatic heterocycles. The number of fused-ring (bicyclic) bond motifs is 2. The van der Waals surface area contributed by atoms with Crippen LogP contribution in [0.15, 0.2) is 35.2 Å². The monoisotopic (exact) mass is 134 g/mol. The molecule has 0 saturated carbocycles. The van der Waals surface area contributed by atoms with E-state index in [1.54, 1.807) is 6.26 Å². The van der Waals surface area contributed by atoms with Gasteiger partial charge in [-0.25, -0.2) is 0 Å². The third-order valence-electron chi connectivity index (χ3n) is 1.98. The lowest BCUT2D eigenvalue weighted by Crippen LogP contribution is -1.88. The van der Waals surface area contributed by atoms with Gasteiger partial charge in [-0.3, -0.25) is 0 Å². The van der Waals surface area contributed by atoms with Gasteiger partial charge in [0.15, 0.2) is 5.76 Å². The van der Waals surface area contributed by atoms with Crippen LogP contribution in [0.5, 0.6) is 0 Å². The Balaban J connectivity index is 2.22. The van der Waals surface area contributed by atoms with Crippen molar-refractivity contribution in [1.82, 2.24) is 0 Å². The molecule has 0 amide bonds. The minimum atomic E-state index is 0.925. The van der Waals surface area contributed by atoms with E-state index in [-0.39, 0.29) is 0 Å². The molecule has 2 aliphatic heterocycles. The van der Waals surface area contributed by atoms with E-state index in [0.717, 1.165) is 30.1 Å². The van der Waals surface area contributed by atoms with E-state index in [1.165, 1.54) is 5.57 Å². The van der Waals surface area contributed by atoms with Crippen LogP contribution >= 0.6 is 0 Å². The third kappa shape index (κ3) is 0.407. The Hall–Kier alpha value is -1.18. The van der Waals surface area contributed by atoms with Gasteiger partial charge in [-0.15, -0.1) is 0 Å². The first-order chi connectivity index (χ1) is 4.95. The summed E-state index contributed by atoms with van der Waals surface area (Å²) >= 11 is 0. The second-order valence-electron chi connectivity index (χ2n) is 2.62. The Morgan fingerprint density at radius 2 is 2.30 bits per heavy atom. The van der Waals surface area contributed by atoms with Crippen LogP contribution in [0.3, 0.4) is 0 Å². The summed E-state index contributed by atoms with van der Waals surface area (Å²) < 4.78 is 10.4. The smallest absolute Gasteiger partial charge is 0.205 e. The number of epoxide rings is 1. The van der Waals surface area contributed by atoms with Crippen LogP contribution in [-0.2, 0) is 9.47 Å². The second-order valence-corrected chi connectivity index (χ2v) is 2.62. The zero-order valence-electron chi connectivity index (χ0n) is 5.39. The van der Waals surface area contributed by atoms with E-state index in [9.17, 15) is 0 Å². The Bertz CT molecular complexity index is 294. The Labute approximate surface area is 58.4 Å². The summed E-state index contributed by atoms with van der Waals surface area (Å²) in [4.78, 5) is 0. The minimum absolute atomic E-state index is 0.925. The van der Waals surface area contributed by atoms with Crippen LogP contribution in [0.25, 0.3) is 0 Å².